The lowest BCUT2D eigenvalue weighted by Gasteiger charge is -2.14. The molecule has 1 heterocycles. The number of fused-ring (bicyclic) bond motifs is 1. The lowest BCUT2D eigenvalue weighted by atomic mass is 10.1. The van der Waals surface area contributed by atoms with Gasteiger partial charge in [-0.3, -0.25) is 0 Å². The third-order valence-corrected chi connectivity index (χ3v) is 4.71. The summed E-state index contributed by atoms with van der Waals surface area (Å²) in [7, 11) is 0. The number of halogens is 2. The molecule has 2 aromatic rings. The van der Waals surface area contributed by atoms with Crippen molar-refractivity contribution in [2.24, 2.45) is 5.92 Å². The van der Waals surface area contributed by atoms with Crippen LogP contribution in [0, 0.1) is 5.92 Å². The van der Waals surface area contributed by atoms with Gasteiger partial charge in [-0.1, -0.05) is 28.8 Å². The summed E-state index contributed by atoms with van der Waals surface area (Å²) < 4.78 is 3.50. The molecule has 1 fully saturated rings. The van der Waals surface area contributed by atoms with Crippen LogP contribution >= 0.6 is 27.5 Å². The maximum absolute atomic E-state index is 5.92. The summed E-state index contributed by atoms with van der Waals surface area (Å²) in [6, 6.07) is 6.32. The average molecular weight is 342 g/mol. The van der Waals surface area contributed by atoms with E-state index in [1.165, 1.54) is 31.2 Å². The molecular formula is C15H18BrClN2. The van der Waals surface area contributed by atoms with Gasteiger partial charge in [0.2, 0.25) is 0 Å². The molecule has 1 aliphatic carbocycles. The lowest BCUT2D eigenvalue weighted by Crippen LogP contribution is -2.11. The Morgan fingerprint density at radius 1 is 1.32 bits per heavy atom. The Hall–Kier alpha value is -0.540. The monoisotopic (exact) mass is 340 g/mol. The van der Waals surface area contributed by atoms with Crippen LogP contribution in [0.15, 0.2) is 22.7 Å². The topological polar surface area (TPSA) is 17.8 Å². The van der Waals surface area contributed by atoms with Crippen LogP contribution in [0.5, 0.6) is 0 Å². The average Bonchev–Trinajstić information content (AvgIpc) is 3.00. The number of benzene rings is 1. The molecule has 1 aromatic heterocycles. The number of alkyl halides is 1. The van der Waals surface area contributed by atoms with Crippen molar-refractivity contribution in [2.45, 2.75) is 38.6 Å². The first-order valence-corrected chi connectivity index (χ1v) is 8.31. The number of nitrogens with zero attached hydrogens (tertiary/aromatic N) is 2. The molecule has 1 saturated carbocycles. The zero-order valence-electron chi connectivity index (χ0n) is 10.9. The normalized spacial score (nSPS) is 16.5. The van der Waals surface area contributed by atoms with Crippen LogP contribution in [0.4, 0.5) is 0 Å². The molecule has 0 radical (unpaired) electrons. The summed E-state index contributed by atoms with van der Waals surface area (Å²) in [5.41, 5.74) is 2.32. The highest BCUT2D eigenvalue weighted by molar-refractivity contribution is 9.10. The fraction of sp³-hybridized carbons (Fsp3) is 0.533. The van der Waals surface area contributed by atoms with Gasteiger partial charge in [-0.25, -0.2) is 4.98 Å². The number of imidazole rings is 1. The Morgan fingerprint density at radius 3 is 2.84 bits per heavy atom. The molecule has 0 saturated heterocycles. The Bertz CT molecular complexity index is 573. The third kappa shape index (κ3) is 2.82. The van der Waals surface area contributed by atoms with E-state index in [0.717, 1.165) is 34.7 Å². The number of aryl methyl sites for hydroxylation is 1. The highest BCUT2D eigenvalue weighted by atomic mass is 79.9. The molecule has 19 heavy (non-hydrogen) atoms. The van der Waals surface area contributed by atoms with Crippen LogP contribution in [0.3, 0.4) is 0 Å². The number of rotatable bonds is 4. The van der Waals surface area contributed by atoms with Crippen molar-refractivity contribution in [1.82, 2.24) is 9.55 Å². The Balaban J connectivity index is 2.01. The molecule has 0 unspecified atom stereocenters. The van der Waals surface area contributed by atoms with Crippen LogP contribution in [0.2, 0.25) is 0 Å². The predicted molar refractivity (Wildman–Crippen MR) is 83.8 cm³/mol. The summed E-state index contributed by atoms with van der Waals surface area (Å²) in [6.07, 6.45) is 6.32. The first-order valence-electron chi connectivity index (χ1n) is 6.98. The third-order valence-electron chi connectivity index (χ3n) is 4.02. The molecule has 1 aliphatic rings. The molecule has 4 heteroatoms. The van der Waals surface area contributed by atoms with Gasteiger partial charge in [-0.2, -0.15) is 0 Å². The molecule has 2 nitrogen and oxygen atoms in total. The fourth-order valence-electron chi connectivity index (χ4n) is 3.08. The second kappa shape index (κ2) is 5.84. The van der Waals surface area contributed by atoms with Crippen LogP contribution in [0.1, 0.15) is 31.5 Å². The highest BCUT2D eigenvalue weighted by Crippen LogP contribution is 2.29. The van der Waals surface area contributed by atoms with Gasteiger partial charge in [0.15, 0.2) is 0 Å². The van der Waals surface area contributed by atoms with Crippen molar-refractivity contribution in [2.75, 3.05) is 5.88 Å². The lowest BCUT2D eigenvalue weighted by molar-refractivity contribution is 0.455. The van der Waals surface area contributed by atoms with Gasteiger partial charge in [0.1, 0.15) is 5.82 Å². The predicted octanol–water partition coefficient (Wildman–Crippen LogP) is 4.77. The second-order valence-electron chi connectivity index (χ2n) is 5.36. The summed E-state index contributed by atoms with van der Waals surface area (Å²) in [5.74, 6) is 2.58. The van der Waals surface area contributed by atoms with Crippen LogP contribution in [-0.2, 0) is 13.0 Å². The van der Waals surface area contributed by atoms with Crippen molar-refractivity contribution >= 4 is 38.6 Å². The van der Waals surface area contributed by atoms with Gasteiger partial charge in [-0.15, -0.1) is 11.6 Å². The minimum atomic E-state index is 0.634. The van der Waals surface area contributed by atoms with Crippen molar-refractivity contribution in [1.29, 1.82) is 0 Å². The summed E-state index contributed by atoms with van der Waals surface area (Å²) >= 11 is 9.48. The number of aromatic nitrogens is 2. The molecule has 0 bridgehead atoms. The zero-order valence-corrected chi connectivity index (χ0v) is 13.3. The molecule has 0 spiro atoms. The summed E-state index contributed by atoms with van der Waals surface area (Å²) in [6.45, 7) is 1.10. The number of hydrogen-bond donors (Lipinski definition) is 0. The van der Waals surface area contributed by atoms with Crippen LogP contribution in [0.25, 0.3) is 11.0 Å². The van der Waals surface area contributed by atoms with E-state index >= 15 is 0 Å². The van der Waals surface area contributed by atoms with Gasteiger partial charge in [-0.05, 0) is 37.0 Å². The van der Waals surface area contributed by atoms with Gasteiger partial charge in [0.05, 0.1) is 11.0 Å². The zero-order chi connectivity index (χ0) is 13.2. The van der Waals surface area contributed by atoms with E-state index in [4.69, 9.17) is 16.6 Å². The van der Waals surface area contributed by atoms with Crippen molar-refractivity contribution < 1.29 is 0 Å². The fourth-order valence-corrected chi connectivity index (χ4v) is 3.59. The quantitative estimate of drug-likeness (QED) is 0.732. The van der Waals surface area contributed by atoms with E-state index < -0.39 is 0 Å². The molecule has 0 N–H and O–H groups in total. The molecule has 102 valence electrons. The van der Waals surface area contributed by atoms with E-state index in [0.29, 0.717) is 5.88 Å². The standard InChI is InChI=1S/C15H18BrClN2/c16-12-5-6-13-14(9-12)19(15(18-13)7-8-17)10-11-3-1-2-4-11/h5-6,9,11H,1-4,7-8,10H2. The molecule has 1 aromatic carbocycles. The highest BCUT2D eigenvalue weighted by Gasteiger charge is 2.19. The largest absolute Gasteiger partial charge is 0.328 e. The van der Waals surface area contributed by atoms with E-state index in [2.05, 4.69) is 38.7 Å². The van der Waals surface area contributed by atoms with Gasteiger partial charge in [0, 0.05) is 23.3 Å². The molecule has 0 amide bonds. The molecule has 0 atom stereocenters. The minimum Gasteiger partial charge on any atom is -0.328 e. The van der Waals surface area contributed by atoms with Gasteiger partial charge >= 0.3 is 0 Å². The smallest absolute Gasteiger partial charge is 0.111 e. The van der Waals surface area contributed by atoms with Crippen LogP contribution in [-0.4, -0.2) is 15.4 Å². The van der Waals surface area contributed by atoms with E-state index in [1.54, 1.807) is 0 Å². The molecule has 3 rings (SSSR count). The van der Waals surface area contributed by atoms with Crippen molar-refractivity contribution in [3.05, 3.63) is 28.5 Å². The SMILES string of the molecule is ClCCc1nc2ccc(Br)cc2n1CC1CCCC1. The van der Waals surface area contributed by atoms with E-state index in [9.17, 15) is 0 Å². The Morgan fingerprint density at radius 2 is 2.11 bits per heavy atom. The van der Waals surface area contributed by atoms with Crippen molar-refractivity contribution in [3.63, 3.8) is 0 Å². The maximum Gasteiger partial charge on any atom is 0.111 e. The molecule has 0 aliphatic heterocycles. The van der Waals surface area contributed by atoms with Gasteiger partial charge < -0.3 is 4.57 Å². The number of hydrogen-bond acceptors (Lipinski definition) is 1. The summed E-state index contributed by atoms with van der Waals surface area (Å²) in [4.78, 5) is 4.74. The first-order chi connectivity index (χ1) is 9.28. The Labute approximate surface area is 127 Å². The first kappa shape index (κ1) is 13.4. The maximum atomic E-state index is 5.92. The van der Waals surface area contributed by atoms with Crippen molar-refractivity contribution in [3.8, 4) is 0 Å². The summed E-state index contributed by atoms with van der Waals surface area (Å²) in [5, 5.41) is 0. The Kier molecular flexibility index (Phi) is 4.13. The minimum absolute atomic E-state index is 0.634. The van der Waals surface area contributed by atoms with Crippen LogP contribution < -0.4 is 0 Å². The van der Waals surface area contributed by atoms with E-state index in [-0.39, 0.29) is 0 Å². The van der Waals surface area contributed by atoms with Gasteiger partial charge in [0.25, 0.3) is 0 Å². The molecular weight excluding hydrogens is 324 g/mol. The van der Waals surface area contributed by atoms with E-state index in [1.807, 2.05) is 0 Å². The second-order valence-corrected chi connectivity index (χ2v) is 6.65.